The van der Waals surface area contributed by atoms with Crippen molar-refractivity contribution in [3.8, 4) is 0 Å². The molecule has 0 unspecified atom stereocenters. The topological polar surface area (TPSA) is 163 Å². The first-order valence-electron chi connectivity index (χ1n) is 18.9. The Hall–Kier alpha value is -3.84. The first kappa shape index (κ1) is 60.8. The van der Waals surface area contributed by atoms with Gasteiger partial charge in [0.1, 0.15) is 11.4 Å². The second kappa shape index (κ2) is 20.4. The van der Waals surface area contributed by atoms with Crippen LogP contribution in [0.15, 0.2) is 22.0 Å². The lowest BCUT2D eigenvalue weighted by atomic mass is 9.93. The normalized spacial score (nSPS) is 12.4. The number of hydrogen-bond donors (Lipinski definition) is 2. The van der Waals surface area contributed by atoms with E-state index in [1.54, 1.807) is 9.36 Å². The van der Waals surface area contributed by atoms with Gasteiger partial charge in [-0.2, -0.15) is 10.2 Å². The fraction of sp³-hybridized carbons (Fsp3) is 0.818. The molecule has 0 fully saturated rings. The summed E-state index contributed by atoms with van der Waals surface area (Å²) in [6.45, 7) is 49.3. The lowest BCUT2D eigenvalue weighted by molar-refractivity contribution is 0.337. The van der Waals surface area contributed by atoms with Gasteiger partial charge in [-0.25, -0.2) is 29.2 Å². The third kappa shape index (κ3) is 17.6. The second-order valence-electron chi connectivity index (χ2n) is 22.2. The Morgan fingerprint density at radius 2 is 0.638 bits per heavy atom. The lowest BCUT2D eigenvalue weighted by Gasteiger charge is -2.18. The second-order valence-corrected chi connectivity index (χ2v) is 22.2. The number of hydrogen-bond acceptors (Lipinski definition) is 8. The molecule has 4 aromatic heterocycles. The molecular formula is C44H92N12O2. The van der Waals surface area contributed by atoms with Crippen LogP contribution < -0.4 is 11.1 Å². The minimum Gasteiger partial charge on any atom is -0.266 e. The van der Waals surface area contributed by atoms with Gasteiger partial charge in [-0.15, -0.1) is 10.2 Å². The Kier molecular flexibility index (Phi) is 21.4. The zero-order chi connectivity index (χ0) is 42.8. The van der Waals surface area contributed by atoms with Gasteiger partial charge in [0, 0.05) is 34.1 Å². The van der Waals surface area contributed by atoms with Crippen molar-refractivity contribution in [1.29, 1.82) is 0 Å². The summed E-state index contributed by atoms with van der Waals surface area (Å²) >= 11 is 0. The molecule has 340 valence electrons. The van der Waals surface area contributed by atoms with Crippen molar-refractivity contribution < 1.29 is 0 Å². The Morgan fingerprint density at radius 1 is 0.397 bits per heavy atom. The van der Waals surface area contributed by atoms with E-state index in [-0.39, 0.29) is 84.6 Å². The maximum atomic E-state index is 11.9. The average molecular weight is 821 g/mol. The van der Waals surface area contributed by atoms with Crippen LogP contribution in [0.2, 0.25) is 0 Å². The molecule has 4 heterocycles. The number of aromatic amines is 2. The molecule has 0 aliphatic carbocycles. The van der Waals surface area contributed by atoms with Gasteiger partial charge >= 0.3 is 0 Å². The van der Waals surface area contributed by atoms with Crippen LogP contribution in [0.4, 0.5) is 0 Å². The lowest BCUT2D eigenvalue weighted by Crippen LogP contribution is -2.35. The van der Waals surface area contributed by atoms with Crippen LogP contribution in [0, 0.1) is 0 Å². The monoisotopic (exact) mass is 821 g/mol. The molecule has 0 amide bonds. The largest absolute Gasteiger partial charge is 0.290 e. The summed E-state index contributed by atoms with van der Waals surface area (Å²) in [5.74, 6) is 0. The van der Waals surface area contributed by atoms with Crippen LogP contribution in [0.1, 0.15) is 219 Å². The molecule has 4 aromatic rings. The van der Waals surface area contributed by atoms with Crippen molar-refractivity contribution in [3.05, 3.63) is 55.9 Å². The fourth-order valence-corrected chi connectivity index (χ4v) is 4.36. The van der Waals surface area contributed by atoms with Gasteiger partial charge in [-0.1, -0.05) is 123 Å². The van der Waals surface area contributed by atoms with E-state index < -0.39 is 0 Å². The van der Waals surface area contributed by atoms with Gasteiger partial charge in [-0.05, 0) is 83.1 Å². The molecule has 0 aromatic carbocycles. The highest BCUT2D eigenvalue weighted by Crippen LogP contribution is 2.23. The maximum Gasteiger partial charge on any atom is 0.290 e. The van der Waals surface area contributed by atoms with Crippen molar-refractivity contribution in [2.24, 2.45) is 0 Å². The third-order valence-electron chi connectivity index (χ3n) is 8.00. The van der Waals surface area contributed by atoms with Crippen LogP contribution in [0.25, 0.3) is 0 Å². The number of nitrogens with one attached hydrogen (secondary N) is 2. The first-order chi connectivity index (χ1) is 23.7. The van der Waals surface area contributed by atoms with Gasteiger partial charge < -0.3 is 0 Å². The zero-order valence-electron chi connectivity index (χ0n) is 38.4. The molecule has 14 nitrogen and oxygen atoms in total. The predicted molar refractivity (Wildman–Crippen MR) is 247 cm³/mol. The summed E-state index contributed by atoms with van der Waals surface area (Å²) < 4.78 is 6.95. The Balaban J connectivity index is -0.000000328. The van der Waals surface area contributed by atoms with Crippen molar-refractivity contribution in [2.45, 2.75) is 240 Å². The van der Waals surface area contributed by atoms with E-state index in [0.29, 0.717) is 11.4 Å². The molecule has 0 saturated heterocycles. The van der Waals surface area contributed by atoms with Crippen LogP contribution in [0.3, 0.4) is 0 Å². The van der Waals surface area contributed by atoms with Crippen molar-refractivity contribution in [3.63, 3.8) is 0 Å². The fourth-order valence-electron chi connectivity index (χ4n) is 4.36. The molecule has 4 rings (SSSR count). The molecule has 58 heavy (non-hydrogen) atoms. The van der Waals surface area contributed by atoms with E-state index in [1.807, 2.05) is 105 Å². The van der Waals surface area contributed by atoms with Crippen LogP contribution in [0.5, 0.6) is 0 Å². The number of rotatable bonds is 0. The summed E-state index contributed by atoms with van der Waals surface area (Å²) in [6.07, 6.45) is 4.06. The molecule has 0 aliphatic heterocycles. The highest BCUT2D eigenvalue weighted by molar-refractivity contribution is 5.10. The summed E-state index contributed by atoms with van der Waals surface area (Å²) in [4.78, 5) is 23.9. The minimum atomic E-state index is -0.242. The van der Waals surface area contributed by atoms with Crippen LogP contribution >= 0.6 is 0 Å². The van der Waals surface area contributed by atoms with E-state index in [9.17, 15) is 9.59 Å². The number of nitrogens with zero attached hydrogens (tertiary/aromatic N) is 10. The summed E-state index contributed by atoms with van der Waals surface area (Å²) in [6, 6.07) is 0. The van der Waals surface area contributed by atoms with E-state index in [1.165, 1.54) is 0 Å². The Bertz CT molecular complexity index is 1610. The maximum absolute atomic E-state index is 11.9. The molecule has 2 N–H and O–H groups in total. The Labute approximate surface area is 354 Å². The highest BCUT2D eigenvalue weighted by atomic mass is 16.1. The standard InChI is InChI=1S/2C10H19N3O.2C10H19N3.4CH4/c2*1-9(2,3)7-8(14)13(12-11-7)10(4,5)6;2*1-9(2,3)8-7-13(12-11-8)10(4,5)6;;;;/h2*12H,1-6H3;2*7H,1-6H3;4*1H4. The number of aromatic nitrogens is 12. The summed E-state index contributed by atoms with van der Waals surface area (Å²) in [5, 5.41) is 30.3. The summed E-state index contributed by atoms with van der Waals surface area (Å²) in [5.41, 5.74) is 2.55. The van der Waals surface area contributed by atoms with E-state index in [0.717, 1.165) is 11.4 Å². The molecule has 0 atom stereocenters. The molecule has 0 aliphatic rings. The van der Waals surface area contributed by atoms with Gasteiger partial charge in [0.25, 0.3) is 11.1 Å². The van der Waals surface area contributed by atoms with Gasteiger partial charge in [-0.3, -0.25) is 9.59 Å². The Morgan fingerprint density at radius 3 is 0.741 bits per heavy atom. The minimum absolute atomic E-state index is 0. The molecule has 0 radical (unpaired) electrons. The van der Waals surface area contributed by atoms with E-state index in [4.69, 9.17) is 0 Å². The highest BCUT2D eigenvalue weighted by Gasteiger charge is 2.28. The summed E-state index contributed by atoms with van der Waals surface area (Å²) in [7, 11) is 0. The predicted octanol–water partition coefficient (Wildman–Crippen LogP) is 10.5. The van der Waals surface area contributed by atoms with Gasteiger partial charge in [0.15, 0.2) is 0 Å². The van der Waals surface area contributed by atoms with E-state index in [2.05, 4.69) is 124 Å². The van der Waals surface area contributed by atoms with Crippen molar-refractivity contribution in [2.75, 3.05) is 0 Å². The molecule has 14 heteroatoms. The van der Waals surface area contributed by atoms with Crippen molar-refractivity contribution >= 4 is 0 Å². The van der Waals surface area contributed by atoms with Gasteiger partial charge in [0.05, 0.1) is 33.5 Å². The van der Waals surface area contributed by atoms with Crippen LogP contribution in [-0.2, 0) is 43.8 Å². The molecule has 0 bridgehead atoms. The van der Waals surface area contributed by atoms with Crippen LogP contribution in [-0.4, -0.2) is 60.0 Å². The molecule has 0 saturated carbocycles. The molecular weight excluding hydrogens is 729 g/mol. The third-order valence-corrected chi connectivity index (χ3v) is 8.00. The average Bonchev–Trinajstić information content (AvgIpc) is 3.71. The zero-order valence-corrected chi connectivity index (χ0v) is 38.4. The quantitative estimate of drug-likeness (QED) is 0.177. The first-order valence-corrected chi connectivity index (χ1v) is 18.9. The van der Waals surface area contributed by atoms with Gasteiger partial charge in [0.2, 0.25) is 0 Å². The van der Waals surface area contributed by atoms with Crippen molar-refractivity contribution in [1.82, 2.24) is 60.0 Å². The SMILES string of the molecule is C.C.C.C.CC(C)(C)c1cn(C(C)(C)C)nn1.CC(C)(C)c1cn(C(C)(C)C)nn1.CC(C)(C)c1n[nH]n(C(C)(C)C)c1=O.CC(C)(C)c1n[nH]n(C(C)(C)C)c1=O. The molecule has 0 spiro atoms. The van der Waals surface area contributed by atoms with E-state index >= 15 is 0 Å². The smallest absolute Gasteiger partial charge is 0.266 e. The number of H-pyrrole nitrogens is 2.